The Balaban J connectivity index is 3.09. The van der Waals surface area contributed by atoms with Gasteiger partial charge < -0.3 is 10.6 Å². The number of halogens is 3. The zero-order chi connectivity index (χ0) is 13.2. The molecule has 0 bridgehead atoms. The molecule has 1 aromatic heterocycles. The van der Waals surface area contributed by atoms with Crippen LogP contribution in [0.2, 0.25) is 0 Å². The summed E-state index contributed by atoms with van der Waals surface area (Å²) >= 11 is 0. The van der Waals surface area contributed by atoms with E-state index in [1.165, 1.54) is 13.4 Å². The second kappa shape index (κ2) is 4.77. The Morgan fingerprint density at radius 1 is 1.35 bits per heavy atom. The van der Waals surface area contributed by atoms with Crippen LogP contribution in [0, 0.1) is 0 Å². The summed E-state index contributed by atoms with van der Waals surface area (Å²) in [5, 5.41) is 0. The first-order chi connectivity index (χ1) is 7.72. The lowest BCUT2D eigenvalue weighted by Crippen LogP contribution is -2.32. The van der Waals surface area contributed by atoms with Crippen LogP contribution in [0.4, 0.5) is 24.8 Å². The first kappa shape index (κ1) is 13.5. The Hall–Kier alpha value is -1.53. The third kappa shape index (κ3) is 3.47. The summed E-state index contributed by atoms with van der Waals surface area (Å²) in [6.45, 7) is 2.60. The monoisotopic (exact) mass is 248 g/mol. The maximum Gasteiger partial charge on any atom is 0.405 e. The van der Waals surface area contributed by atoms with Crippen molar-refractivity contribution in [3.63, 3.8) is 0 Å². The Morgan fingerprint density at radius 3 is 2.41 bits per heavy atom. The van der Waals surface area contributed by atoms with Gasteiger partial charge in [0.15, 0.2) is 0 Å². The van der Waals surface area contributed by atoms with E-state index >= 15 is 0 Å². The topological polar surface area (TPSA) is 55.0 Å². The van der Waals surface area contributed by atoms with Gasteiger partial charge in [0, 0.05) is 12.6 Å². The van der Waals surface area contributed by atoms with Gasteiger partial charge in [-0.05, 0) is 5.92 Å². The fourth-order valence-corrected chi connectivity index (χ4v) is 1.60. The predicted octanol–water partition coefficient (Wildman–Crippen LogP) is 2.18. The smallest absolute Gasteiger partial charge is 0.383 e. The molecule has 0 aromatic carbocycles. The molecule has 96 valence electrons. The molecule has 17 heavy (non-hydrogen) atoms. The summed E-state index contributed by atoms with van der Waals surface area (Å²) in [4.78, 5) is 8.71. The highest BCUT2D eigenvalue weighted by molar-refractivity contribution is 5.57. The molecule has 0 radical (unpaired) electrons. The van der Waals surface area contributed by atoms with Crippen molar-refractivity contribution < 1.29 is 13.2 Å². The number of rotatable bonds is 3. The van der Waals surface area contributed by atoms with Crippen LogP contribution in [-0.2, 0) is 0 Å². The summed E-state index contributed by atoms with van der Waals surface area (Å²) in [6, 6.07) is 0. The van der Waals surface area contributed by atoms with Gasteiger partial charge in [-0.1, -0.05) is 13.8 Å². The largest absolute Gasteiger partial charge is 0.405 e. The van der Waals surface area contributed by atoms with Gasteiger partial charge in [0.25, 0.3) is 0 Å². The number of nitrogen functional groups attached to an aromatic ring is 1. The number of nitrogens with two attached hydrogens (primary N) is 1. The third-order valence-electron chi connectivity index (χ3n) is 2.25. The van der Waals surface area contributed by atoms with Crippen molar-refractivity contribution >= 4 is 11.6 Å². The molecule has 0 aliphatic carbocycles. The minimum atomic E-state index is -4.28. The van der Waals surface area contributed by atoms with Crippen molar-refractivity contribution in [2.45, 2.75) is 25.9 Å². The van der Waals surface area contributed by atoms with Crippen LogP contribution in [0.3, 0.4) is 0 Å². The van der Waals surface area contributed by atoms with Crippen LogP contribution in [0.5, 0.6) is 0 Å². The minimum absolute atomic E-state index is 0.0399. The van der Waals surface area contributed by atoms with Crippen molar-refractivity contribution in [1.29, 1.82) is 0 Å². The molecule has 2 N–H and O–H groups in total. The van der Waals surface area contributed by atoms with Crippen LogP contribution in [0.25, 0.3) is 0 Å². The number of hydrogen-bond acceptors (Lipinski definition) is 4. The van der Waals surface area contributed by atoms with Gasteiger partial charge in [-0.2, -0.15) is 13.2 Å². The van der Waals surface area contributed by atoms with Gasteiger partial charge in [-0.3, -0.25) is 0 Å². The summed E-state index contributed by atoms with van der Waals surface area (Å²) in [5.74, 6) is 0.408. The number of anilines is 2. The van der Waals surface area contributed by atoms with Gasteiger partial charge in [-0.15, -0.1) is 0 Å². The van der Waals surface area contributed by atoms with E-state index in [0.29, 0.717) is 5.56 Å². The second-order valence-electron chi connectivity index (χ2n) is 4.12. The summed E-state index contributed by atoms with van der Waals surface area (Å²) < 4.78 is 36.9. The van der Waals surface area contributed by atoms with Crippen LogP contribution in [-0.4, -0.2) is 29.7 Å². The highest BCUT2D eigenvalue weighted by atomic mass is 19.4. The van der Waals surface area contributed by atoms with Crippen LogP contribution in [0.1, 0.15) is 25.3 Å². The van der Waals surface area contributed by atoms with Gasteiger partial charge in [0.2, 0.25) is 0 Å². The molecule has 1 heterocycles. The van der Waals surface area contributed by atoms with Gasteiger partial charge in [0.1, 0.15) is 24.5 Å². The number of hydrogen-bond donors (Lipinski definition) is 1. The van der Waals surface area contributed by atoms with E-state index in [1.54, 1.807) is 0 Å². The summed E-state index contributed by atoms with van der Waals surface area (Å²) in [6.07, 6.45) is -3.11. The Kier molecular flexibility index (Phi) is 3.79. The molecular weight excluding hydrogens is 233 g/mol. The maximum absolute atomic E-state index is 12.3. The number of nitrogens with zero attached hydrogens (tertiary/aromatic N) is 3. The first-order valence-electron chi connectivity index (χ1n) is 5.10. The van der Waals surface area contributed by atoms with E-state index in [9.17, 15) is 13.2 Å². The number of alkyl halides is 3. The molecule has 0 unspecified atom stereocenters. The number of aromatic nitrogens is 2. The fourth-order valence-electron chi connectivity index (χ4n) is 1.60. The zero-order valence-corrected chi connectivity index (χ0v) is 9.91. The Bertz CT molecular complexity index is 390. The molecule has 1 aromatic rings. The molecule has 0 aliphatic heterocycles. The lowest BCUT2D eigenvalue weighted by Gasteiger charge is -2.24. The van der Waals surface area contributed by atoms with E-state index in [4.69, 9.17) is 5.73 Å². The van der Waals surface area contributed by atoms with E-state index in [2.05, 4.69) is 9.97 Å². The summed E-state index contributed by atoms with van der Waals surface area (Å²) in [5.41, 5.74) is 6.21. The molecule has 0 saturated carbocycles. The quantitative estimate of drug-likeness (QED) is 0.890. The SMILES string of the molecule is CC(C)c1c(N)ncnc1N(C)CC(F)(F)F. The lowest BCUT2D eigenvalue weighted by atomic mass is 10.0. The second-order valence-corrected chi connectivity index (χ2v) is 4.12. The average Bonchev–Trinajstić information content (AvgIpc) is 2.13. The highest BCUT2D eigenvalue weighted by Crippen LogP contribution is 2.30. The van der Waals surface area contributed by atoms with Crippen molar-refractivity contribution in [2.24, 2.45) is 0 Å². The van der Waals surface area contributed by atoms with Crippen molar-refractivity contribution in [1.82, 2.24) is 9.97 Å². The average molecular weight is 248 g/mol. The van der Waals surface area contributed by atoms with Gasteiger partial charge in [-0.25, -0.2) is 9.97 Å². The first-order valence-corrected chi connectivity index (χ1v) is 5.10. The van der Waals surface area contributed by atoms with Crippen molar-refractivity contribution in [3.8, 4) is 0 Å². The molecule has 7 heteroatoms. The van der Waals surface area contributed by atoms with Crippen molar-refractivity contribution in [3.05, 3.63) is 11.9 Å². The highest BCUT2D eigenvalue weighted by Gasteiger charge is 2.31. The predicted molar refractivity (Wildman–Crippen MR) is 59.9 cm³/mol. The molecule has 0 saturated heterocycles. The van der Waals surface area contributed by atoms with Crippen LogP contribution in [0.15, 0.2) is 6.33 Å². The normalized spacial score (nSPS) is 11.9. The molecule has 1 rings (SSSR count). The van der Waals surface area contributed by atoms with E-state index in [1.807, 2.05) is 13.8 Å². The standard InChI is InChI=1S/C10H15F3N4/c1-6(2)7-8(14)15-5-16-9(7)17(3)4-10(11,12)13/h5-6H,4H2,1-3H3,(H2,14,15,16). The van der Waals surface area contributed by atoms with Gasteiger partial charge >= 0.3 is 6.18 Å². The molecule has 0 atom stereocenters. The minimum Gasteiger partial charge on any atom is -0.383 e. The van der Waals surface area contributed by atoms with E-state index < -0.39 is 12.7 Å². The van der Waals surface area contributed by atoms with Crippen molar-refractivity contribution in [2.75, 3.05) is 24.2 Å². The lowest BCUT2D eigenvalue weighted by molar-refractivity contribution is -0.119. The van der Waals surface area contributed by atoms with E-state index in [0.717, 1.165) is 4.90 Å². The molecule has 0 aliphatic rings. The summed E-state index contributed by atoms with van der Waals surface area (Å²) in [7, 11) is 1.33. The molecule has 0 fully saturated rings. The molecule has 4 nitrogen and oxygen atoms in total. The van der Waals surface area contributed by atoms with Crippen LogP contribution >= 0.6 is 0 Å². The zero-order valence-electron chi connectivity index (χ0n) is 9.91. The molecular formula is C10H15F3N4. The Morgan fingerprint density at radius 2 is 1.94 bits per heavy atom. The Labute approximate surface area is 97.7 Å². The maximum atomic E-state index is 12.3. The molecule has 0 spiro atoms. The fraction of sp³-hybridized carbons (Fsp3) is 0.600. The van der Waals surface area contributed by atoms with Gasteiger partial charge in [0.05, 0.1) is 0 Å². The third-order valence-corrected chi connectivity index (χ3v) is 2.25. The molecule has 0 amide bonds. The van der Waals surface area contributed by atoms with Crippen LogP contribution < -0.4 is 10.6 Å². The van der Waals surface area contributed by atoms with E-state index in [-0.39, 0.29) is 17.6 Å².